The number of hydrogen-bond donors (Lipinski definition) is 2. The molecular formula is C11H18N4O2. The molecular weight excluding hydrogens is 220 g/mol. The fourth-order valence-electron chi connectivity index (χ4n) is 2.20. The Balaban J connectivity index is 2.30. The molecule has 1 aliphatic rings. The standard InChI is InChI=1S/C11H18N4O2/c1-11(16)4-3-5-15(6-11)10-8(17-2)9(12)13-7-14-10/h7,16H,3-6H2,1-2H3,(H2,12,13,14). The van der Waals surface area contributed by atoms with Crippen molar-refractivity contribution in [1.29, 1.82) is 0 Å². The van der Waals surface area contributed by atoms with Crippen molar-refractivity contribution in [2.45, 2.75) is 25.4 Å². The van der Waals surface area contributed by atoms with Gasteiger partial charge in [-0.15, -0.1) is 0 Å². The van der Waals surface area contributed by atoms with E-state index in [1.807, 2.05) is 11.8 Å². The summed E-state index contributed by atoms with van der Waals surface area (Å²) in [6.45, 7) is 3.19. The number of anilines is 2. The van der Waals surface area contributed by atoms with Crippen LogP contribution in [0.2, 0.25) is 0 Å². The van der Waals surface area contributed by atoms with Gasteiger partial charge in [-0.1, -0.05) is 0 Å². The van der Waals surface area contributed by atoms with Gasteiger partial charge in [0.2, 0.25) is 5.75 Å². The van der Waals surface area contributed by atoms with Crippen molar-refractivity contribution in [3.05, 3.63) is 6.33 Å². The molecule has 3 N–H and O–H groups in total. The molecule has 0 aliphatic carbocycles. The summed E-state index contributed by atoms with van der Waals surface area (Å²) in [5, 5.41) is 10.1. The van der Waals surface area contributed by atoms with Gasteiger partial charge < -0.3 is 20.5 Å². The molecule has 2 rings (SSSR count). The van der Waals surface area contributed by atoms with E-state index in [2.05, 4.69) is 9.97 Å². The molecule has 17 heavy (non-hydrogen) atoms. The van der Waals surface area contributed by atoms with Crippen molar-refractivity contribution < 1.29 is 9.84 Å². The number of nitrogen functional groups attached to an aromatic ring is 1. The third-order valence-electron chi connectivity index (χ3n) is 2.99. The van der Waals surface area contributed by atoms with Crippen molar-refractivity contribution in [3.63, 3.8) is 0 Å². The largest absolute Gasteiger partial charge is 0.490 e. The van der Waals surface area contributed by atoms with Crippen LogP contribution in [0, 0.1) is 0 Å². The molecule has 0 saturated carbocycles. The van der Waals surface area contributed by atoms with E-state index in [9.17, 15) is 5.11 Å². The van der Waals surface area contributed by atoms with Crippen LogP contribution >= 0.6 is 0 Å². The molecule has 6 nitrogen and oxygen atoms in total. The first-order valence-corrected chi connectivity index (χ1v) is 5.65. The molecule has 2 heterocycles. The van der Waals surface area contributed by atoms with Crippen LogP contribution < -0.4 is 15.4 Å². The van der Waals surface area contributed by atoms with Crippen LogP contribution in [0.25, 0.3) is 0 Å². The minimum atomic E-state index is -0.691. The predicted molar refractivity (Wildman–Crippen MR) is 65.1 cm³/mol. The SMILES string of the molecule is COc1c(N)ncnc1N1CCCC(C)(O)C1. The van der Waals surface area contributed by atoms with Crippen LogP contribution in [-0.4, -0.2) is 40.9 Å². The summed E-state index contributed by atoms with van der Waals surface area (Å²) >= 11 is 0. The van der Waals surface area contributed by atoms with E-state index in [0.717, 1.165) is 19.4 Å². The highest BCUT2D eigenvalue weighted by Crippen LogP contribution is 2.33. The van der Waals surface area contributed by atoms with Crippen LogP contribution in [-0.2, 0) is 0 Å². The van der Waals surface area contributed by atoms with E-state index >= 15 is 0 Å². The van der Waals surface area contributed by atoms with Crippen molar-refractivity contribution in [1.82, 2.24) is 9.97 Å². The summed E-state index contributed by atoms with van der Waals surface area (Å²) < 4.78 is 5.22. The molecule has 0 aromatic carbocycles. The summed E-state index contributed by atoms with van der Waals surface area (Å²) in [4.78, 5) is 10.1. The van der Waals surface area contributed by atoms with Gasteiger partial charge in [0.15, 0.2) is 11.6 Å². The highest BCUT2D eigenvalue weighted by atomic mass is 16.5. The van der Waals surface area contributed by atoms with Crippen LogP contribution in [0.4, 0.5) is 11.6 Å². The fraction of sp³-hybridized carbons (Fsp3) is 0.636. The minimum Gasteiger partial charge on any atom is -0.490 e. The Kier molecular flexibility index (Phi) is 3.06. The maximum absolute atomic E-state index is 10.1. The first-order chi connectivity index (χ1) is 8.03. The van der Waals surface area contributed by atoms with Gasteiger partial charge in [-0.05, 0) is 19.8 Å². The average molecular weight is 238 g/mol. The van der Waals surface area contributed by atoms with Gasteiger partial charge >= 0.3 is 0 Å². The smallest absolute Gasteiger partial charge is 0.204 e. The lowest BCUT2D eigenvalue weighted by atomic mass is 9.95. The van der Waals surface area contributed by atoms with Crippen molar-refractivity contribution >= 4 is 11.6 Å². The van der Waals surface area contributed by atoms with Gasteiger partial charge in [0.25, 0.3) is 0 Å². The Morgan fingerprint density at radius 2 is 2.29 bits per heavy atom. The second-order valence-corrected chi connectivity index (χ2v) is 4.64. The first-order valence-electron chi connectivity index (χ1n) is 5.65. The number of aliphatic hydroxyl groups is 1. The Morgan fingerprint density at radius 3 is 2.94 bits per heavy atom. The molecule has 0 radical (unpaired) electrons. The van der Waals surface area contributed by atoms with E-state index in [0.29, 0.717) is 23.9 Å². The van der Waals surface area contributed by atoms with E-state index in [4.69, 9.17) is 10.5 Å². The third kappa shape index (κ3) is 2.41. The van der Waals surface area contributed by atoms with Crippen molar-refractivity contribution in [3.8, 4) is 5.75 Å². The Bertz CT molecular complexity index is 408. The number of nitrogens with two attached hydrogens (primary N) is 1. The summed E-state index contributed by atoms with van der Waals surface area (Å²) in [6.07, 6.45) is 3.13. The zero-order chi connectivity index (χ0) is 12.5. The van der Waals surface area contributed by atoms with Gasteiger partial charge in [0.1, 0.15) is 6.33 Å². The summed E-state index contributed by atoms with van der Waals surface area (Å²) in [7, 11) is 1.54. The van der Waals surface area contributed by atoms with Gasteiger partial charge in [-0.25, -0.2) is 9.97 Å². The van der Waals surface area contributed by atoms with Gasteiger partial charge in [-0.2, -0.15) is 0 Å². The number of β-amino-alcohol motifs (C(OH)–C–C–N with tert-alkyl or cyclic N) is 1. The highest BCUT2D eigenvalue weighted by molar-refractivity contribution is 5.63. The van der Waals surface area contributed by atoms with Gasteiger partial charge in [0.05, 0.1) is 12.7 Å². The first kappa shape index (κ1) is 11.9. The molecule has 1 aromatic heterocycles. The van der Waals surface area contributed by atoms with Crippen LogP contribution in [0.15, 0.2) is 6.33 Å². The van der Waals surface area contributed by atoms with E-state index in [-0.39, 0.29) is 0 Å². The zero-order valence-corrected chi connectivity index (χ0v) is 10.2. The van der Waals surface area contributed by atoms with Gasteiger partial charge in [0, 0.05) is 13.1 Å². The average Bonchev–Trinajstić information content (AvgIpc) is 2.27. The Morgan fingerprint density at radius 1 is 1.53 bits per heavy atom. The van der Waals surface area contributed by atoms with E-state index in [1.165, 1.54) is 6.33 Å². The molecule has 1 unspecified atom stereocenters. The van der Waals surface area contributed by atoms with E-state index in [1.54, 1.807) is 7.11 Å². The van der Waals surface area contributed by atoms with Crippen LogP contribution in [0.1, 0.15) is 19.8 Å². The molecule has 1 saturated heterocycles. The monoisotopic (exact) mass is 238 g/mol. The third-order valence-corrected chi connectivity index (χ3v) is 2.99. The Labute approximate surface area is 100 Å². The minimum absolute atomic E-state index is 0.322. The number of rotatable bonds is 2. The molecule has 6 heteroatoms. The summed E-state index contributed by atoms with van der Waals surface area (Å²) in [5.41, 5.74) is 5.05. The second kappa shape index (κ2) is 4.37. The number of aromatic nitrogens is 2. The molecule has 1 atom stereocenters. The zero-order valence-electron chi connectivity index (χ0n) is 10.2. The molecule has 94 valence electrons. The predicted octanol–water partition coefficient (Wildman–Crippen LogP) is 0.419. The number of nitrogens with zero attached hydrogens (tertiary/aromatic N) is 3. The van der Waals surface area contributed by atoms with Crippen molar-refractivity contribution in [2.24, 2.45) is 0 Å². The Hall–Kier alpha value is -1.56. The van der Waals surface area contributed by atoms with E-state index < -0.39 is 5.60 Å². The number of piperidine rings is 1. The molecule has 1 fully saturated rings. The summed E-state index contributed by atoms with van der Waals surface area (Å²) in [5.74, 6) is 1.45. The van der Waals surface area contributed by atoms with Gasteiger partial charge in [-0.3, -0.25) is 0 Å². The second-order valence-electron chi connectivity index (χ2n) is 4.64. The van der Waals surface area contributed by atoms with Crippen LogP contribution in [0.5, 0.6) is 5.75 Å². The number of methoxy groups -OCH3 is 1. The molecule has 0 bridgehead atoms. The maximum atomic E-state index is 10.1. The quantitative estimate of drug-likeness (QED) is 0.776. The molecule has 1 aromatic rings. The molecule has 0 spiro atoms. The molecule has 0 amide bonds. The van der Waals surface area contributed by atoms with Crippen LogP contribution in [0.3, 0.4) is 0 Å². The van der Waals surface area contributed by atoms with Crippen molar-refractivity contribution in [2.75, 3.05) is 30.8 Å². The molecule has 1 aliphatic heterocycles. The lowest BCUT2D eigenvalue weighted by Gasteiger charge is -2.37. The lowest BCUT2D eigenvalue weighted by Crippen LogP contribution is -2.46. The summed E-state index contributed by atoms with van der Waals surface area (Å²) in [6, 6.07) is 0. The number of hydrogen-bond acceptors (Lipinski definition) is 6. The maximum Gasteiger partial charge on any atom is 0.204 e. The normalized spacial score (nSPS) is 24.8. The highest BCUT2D eigenvalue weighted by Gasteiger charge is 2.30. The fourth-order valence-corrected chi connectivity index (χ4v) is 2.20. The number of ether oxygens (including phenoxy) is 1. The lowest BCUT2D eigenvalue weighted by molar-refractivity contribution is 0.0446. The topological polar surface area (TPSA) is 84.5 Å².